The van der Waals surface area contributed by atoms with Gasteiger partial charge in [-0.25, -0.2) is 0 Å². The van der Waals surface area contributed by atoms with E-state index in [0.717, 1.165) is 42.2 Å². The zero-order chi connectivity index (χ0) is 18.5. The molecule has 2 aromatic heterocycles. The maximum Gasteiger partial charge on any atom is 0.191 e. The summed E-state index contributed by atoms with van der Waals surface area (Å²) in [6, 6.07) is 14.2. The number of hydrogen-bond donors (Lipinski definition) is 1. The summed E-state index contributed by atoms with van der Waals surface area (Å²) < 4.78 is 2.13. The van der Waals surface area contributed by atoms with Gasteiger partial charge in [0.2, 0.25) is 0 Å². The Bertz CT molecular complexity index is 860. The van der Waals surface area contributed by atoms with E-state index in [0.29, 0.717) is 12.3 Å². The quantitative estimate of drug-likeness (QED) is 0.650. The van der Waals surface area contributed by atoms with Crippen LogP contribution >= 0.6 is 11.8 Å². The summed E-state index contributed by atoms with van der Waals surface area (Å²) >= 11 is 1.61. The molecule has 4 rings (SSSR count). The fraction of sp³-hybridized carbons (Fsp3) is 0.381. The van der Waals surface area contributed by atoms with E-state index in [9.17, 15) is 5.11 Å². The molecule has 0 amide bonds. The molecule has 1 saturated carbocycles. The summed E-state index contributed by atoms with van der Waals surface area (Å²) in [6.07, 6.45) is 8.76. The Morgan fingerprint density at radius 3 is 2.56 bits per heavy atom. The molecule has 0 spiro atoms. The Balaban J connectivity index is 1.61. The van der Waals surface area contributed by atoms with Gasteiger partial charge in [0.15, 0.2) is 11.0 Å². The van der Waals surface area contributed by atoms with Crippen molar-refractivity contribution in [1.29, 1.82) is 0 Å². The molecule has 0 bridgehead atoms. The van der Waals surface area contributed by atoms with Gasteiger partial charge in [-0.3, -0.25) is 9.55 Å². The van der Waals surface area contributed by atoms with Crippen LogP contribution in [0.15, 0.2) is 60.0 Å². The van der Waals surface area contributed by atoms with Crippen LogP contribution < -0.4 is 0 Å². The molecule has 1 aliphatic rings. The van der Waals surface area contributed by atoms with Crippen LogP contribution in [-0.2, 0) is 6.54 Å². The summed E-state index contributed by atoms with van der Waals surface area (Å²) in [6.45, 7) is 0.693. The van der Waals surface area contributed by atoms with Gasteiger partial charge >= 0.3 is 0 Å². The molecule has 0 unspecified atom stereocenters. The van der Waals surface area contributed by atoms with Crippen LogP contribution in [0.3, 0.4) is 0 Å². The lowest BCUT2D eigenvalue weighted by atomic mass is 9.86. The second kappa shape index (κ2) is 8.23. The van der Waals surface area contributed by atoms with Crippen molar-refractivity contribution in [3.8, 4) is 11.4 Å². The highest BCUT2D eigenvalue weighted by molar-refractivity contribution is 7.99. The van der Waals surface area contributed by atoms with Crippen molar-refractivity contribution in [2.75, 3.05) is 5.75 Å². The molecule has 1 aromatic carbocycles. The Hall–Kier alpha value is -2.18. The summed E-state index contributed by atoms with van der Waals surface area (Å²) in [7, 11) is 0. The van der Waals surface area contributed by atoms with Gasteiger partial charge in [-0.1, -0.05) is 61.4 Å². The second-order valence-electron chi connectivity index (χ2n) is 7.19. The van der Waals surface area contributed by atoms with Gasteiger partial charge in [0.1, 0.15) is 0 Å². The molecule has 6 heteroatoms. The topological polar surface area (TPSA) is 63.8 Å². The van der Waals surface area contributed by atoms with Crippen LogP contribution in [0, 0.1) is 0 Å². The van der Waals surface area contributed by atoms with E-state index in [4.69, 9.17) is 0 Å². The van der Waals surface area contributed by atoms with Crippen molar-refractivity contribution < 1.29 is 5.11 Å². The Morgan fingerprint density at radius 1 is 1.00 bits per heavy atom. The first-order chi connectivity index (χ1) is 13.2. The van der Waals surface area contributed by atoms with Crippen molar-refractivity contribution in [2.45, 2.75) is 49.4 Å². The SMILES string of the molecule is OC1(CSc2nnc(-c3cccnc3)n2Cc2ccccc2)CCCCC1. The normalized spacial score (nSPS) is 16.3. The zero-order valence-electron chi connectivity index (χ0n) is 15.3. The molecule has 2 heterocycles. The van der Waals surface area contributed by atoms with Crippen molar-refractivity contribution in [2.24, 2.45) is 0 Å². The number of aliphatic hydroxyl groups is 1. The lowest BCUT2D eigenvalue weighted by Crippen LogP contribution is -2.34. The molecular weight excluding hydrogens is 356 g/mol. The first kappa shape index (κ1) is 18.2. The molecule has 0 saturated heterocycles. The third-order valence-corrected chi connectivity index (χ3v) is 6.32. The molecular formula is C21H24N4OS. The molecule has 0 atom stereocenters. The second-order valence-corrected chi connectivity index (χ2v) is 8.14. The molecule has 3 aromatic rings. The third-order valence-electron chi connectivity index (χ3n) is 5.07. The van der Waals surface area contributed by atoms with E-state index in [1.54, 1.807) is 18.0 Å². The summed E-state index contributed by atoms with van der Waals surface area (Å²) in [4.78, 5) is 4.22. The summed E-state index contributed by atoms with van der Waals surface area (Å²) in [5, 5.41) is 20.6. The van der Waals surface area contributed by atoms with Crippen molar-refractivity contribution >= 4 is 11.8 Å². The minimum Gasteiger partial charge on any atom is -0.389 e. The standard InChI is InChI=1S/C21H24N4OS/c26-21(11-5-2-6-12-21)16-27-20-24-23-19(18-10-7-13-22-14-18)25(20)15-17-8-3-1-4-9-17/h1,3-4,7-10,13-14,26H,2,5-6,11-12,15-16H2. The molecule has 1 N–H and O–H groups in total. The highest BCUT2D eigenvalue weighted by Crippen LogP contribution is 2.34. The Labute approximate surface area is 163 Å². The fourth-order valence-electron chi connectivity index (χ4n) is 3.57. The average Bonchev–Trinajstić information content (AvgIpc) is 3.11. The third kappa shape index (κ3) is 4.39. The molecule has 0 radical (unpaired) electrons. The van der Waals surface area contributed by atoms with Gasteiger partial charge in [-0.15, -0.1) is 10.2 Å². The van der Waals surface area contributed by atoms with Crippen LogP contribution in [0.5, 0.6) is 0 Å². The van der Waals surface area contributed by atoms with Gasteiger partial charge in [0, 0.05) is 23.7 Å². The number of hydrogen-bond acceptors (Lipinski definition) is 5. The predicted molar refractivity (Wildman–Crippen MR) is 108 cm³/mol. The summed E-state index contributed by atoms with van der Waals surface area (Å²) in [5.74, 6) is 1.47. The zero-order valence-corrected chi connectivity index (χ0v) is 16.1. The van der Waals surface area contributed by atoms with Crippen molar-refractivity contribution in [3.63, 3.8) is 0 Å². The summed E-state index contributed by atoms with van der Waals surface area (Å²) in [5.41, 5.74) is 1.56. The number of nitrogens with zero attached hydrogens (tertiary/aromatic N) is 4. The Kier molecular flexibility index (Phi) is 5.55. The molecule has 0 aliphatic heterocycles. The minimum absolute atomic E-state index is 0.582. The number of benzene rings is 1. The number of aromatic nitrogens is 4. The first-order valence-electron chi connectivity index (χ1n) is 9.46. The monoisotopic (exact) mass is 380 g/mol. The predicted octanol–water partition coefficient (Wildman–Crippen LogP) is 4.18. The minimum atomic E-state index is -0.582. The Morgan fingerprint density at radius 2 is 1.81 bits per heavy atom. The van der Waals surface area contributed by atoms with Gasteiger partial charge in [0.25, 0.3) is 0 Å². The van der Waals surface area contributed by atoms with Crippen molar-refractivity contribution in [1.82, 2.24) is 19.7 Å². The molecule has 1 fully saturated rings. The molecule has 27 heavy (non-hydrogen) atoms. The maximum atomic E-state index is 10.8. The van der Waals surface area contributed by atoms with Crippen LogP contribution in [0.4, 0.5) is 0 Å². The van der Waals surface area contributed by atoms with Gasteiger partial charge < -0.3 is 5.11 Å². The first-order valence-corrected chi connectivity index (χ1v) is 10.4. The fourth-order valence-corrected chi connectivity index (χ4v) is 4.66. The number of rotatable bonds is 6. The molecule has 1 aliphatic carbocycles. The smallest absolute Gasteiger partial charge is 0.191 e. The van der Waals surface area contributed by atoms with Gasteiger partial charge in [-0.2, -0.15) is 0 Å². The van der Waals surface area contributed by atoms with Gasteiger partial charge in [-0.05, 0) is 30.5 Å². The largest absolute Gasteiger partial charge is 0.389 e. The lowest BCUT2D eigenvalue weighted by Gasteiger charge is -2.31. The van der Waals surface area contributed by atoms with E-state index in [1.807, 2.05) is 36.5 Å². The van der Waals surface area contributed by atoms with E-state index in [2.05, 4.69) is 31.9 Å². The van der Waals surface area contributed by atoms with Crippen LogP contribution in [-0.4, -0.2) is 36.2 Å². The average molecular weight is 381 g/mol. The van der Waals surface area contributed by atoms with E-state index in [1.165, 1.54) is 12.0 Å². The number of thioether (sulfide) groups is 1. The van der Waals surface area contributed by atoms with Gasteiger partial charge in [0.05, 0.1) is 12.1 Å². The van der Waals surface area contributed by atoms with Crippen LogP contribution in [0.2, 0.25) is 0 Å². The van der Waals surface area contributed by atoms with E-state index in [-0.39, 0.29) is 0 Å². The number of pyridine rings is 1. The maximum absolute atomic E-state index is 10.8. The van der Waals surface area contributed by atoms with Crippen molar-refractivity contribution in [3.05, 3.63) is 60.4 Å². The molecule has 5 nitrogen and oxygen atoms in total. The van der Waals surface area contributed by atoms with Crippen LogP contribution in [0.25, 0.3) is 11.4 Å². The van der Waals surface area contributed by atoms with Crippen LogP contribution in [0.1, 0.15) is 37.7 Å². The molecule has 140 valence electrons. The highest BCUT2D eigenvalue weighted by atomic mass is 32.2. The van der Waals surface area contributed by atoms with E-state index >= 15 is 0 Å². The lowest BCUT2D eigenvalue weighted by molar-refractivity contribution is 0.0272. The van der Waals surface area contributed by atoms with E-state index < -0.39 is 5.60 Å². The highest BCUT2D eigenvalue weighted by Gasteiger charge is 2.30.